The fourth-order valence-corrected chi connectivity index (χ4v) is 3.50. The number of amides is 2. The van der Waals surface area contributed by atoms with E-state index in [0.29, 0.717) is 19.5 Å². The van der Waals surface area contributed by atoms with Crippen LogP contribution in [0.3, 0.4) is 0 Å². The lowest BCUT2D eigenvalue weighted by atomic mass is 9.97. The number of anilines is 1. The van der Waals surface area contributed by atoms with Gasteiger partial charge in [-0.15, -0.1) is 0 Å². The third kappa shape index (κ3) is 3.52. The predicted octanol–water partition coefficient (Wildman–Crippen LogP) is 2.32. The highest BCUT2D eigenvalue weighted by molar-refractivity contribution is 6.00. The van der Waals surface area contributed by atoms with Crippen molar-refractivity contribution in [2.75, 3.05) is 11.4 Å². The minimum Gasteiger partial charge on any atom is -0.354 e. The summed E-state index contributed by atoms with van der Waals surface area (Å²) in [7, 11) is 0. The van der Waals surface area contributed by atoms with Crippen LogP contribution in [0.1, 0.15) is 51.1 Å². The first kappa shape index (κ1) is 16.7. The number of aryl methyl sites for hydroxylation is 2. The maximum atomic E-state index is 12.5. The minimum atomic E-state index is -0.520. The molecule has 24 heavy (non-hydrogen) atoms. The smallest absolute Gasteiger partial charge is 0.242 e. The Morgan fingerprint density at radius 1 is 1.38 bits per heavy atom. The highest BCUT2D eigenvalue weighted by Crippen LogP contribution is 2.25. The molecule has 6 heteroatoms. The molecular weight excluding hydrogens is 304 g/mol. The summed E-state index contributed by atoms with van der Waals surface area (Å²) in [5.41, 5.74) is 2.30. The molecule has 0 radical (unpaired) electrons. The van der Waals surface area contributed by atoms with Crippen molar-refractivity contribution in [1.82, 2.24) is 15.1 Å². The molecule has 6 nitrogen and oxygen atoms in total. The van der Waals surface area contributed by atoms with E-state index >= 15 is 0 Å². The Morgan fingerprint density at radius 3 is 2.96 bits per heavy atom. The Bertz CT molecular complexity index is 662. The zero-order chi connectivity index (χ0) is 17.1. The summed E-state index contributed by atoms with van der Waals surface area (Å²) in [5, 5.41) is 7.37. The van der Waals surface area contributed by atoms with Crippen LogP contribution in [0.5, 0.6) is 0 Å². The van der Waals surface area contributed by atoms with Gasteiger partial charge in [0.05, 0.1) is 12.2 Å². The predicted molar refractivity (Wildman–Crippen MR) is 92.7 cm³/mol. The highest BCUT2D eigenvalue weighted by Gasteiger charge is 2.32. The average Bonchev–Trinajstić information content (AvgIpc) is 2.95. The van der Waals surface area contributed by atoms with E-state index in [1.807, 2.05) is 17.7 Å². The molecule has 1 aliphatic heterocycles. The zero-order valence-corrected chi connectivity index (χ0v) is 14.5. The van der Waals surface area contributed by atoms with Crippen LogP contribution in [-0.2, 0) is 16.1 Å². The molecule has 0 fully saturated rings. The Morgan fingerprint density at radius 2 is 2.21 bits per heavy atom. The van der Waals surface area contributed by atoms with Crippen LogP contribution in [0.25, 0.3) is 0 Å². The molecule has 0 spiro atoms. The van der Waals surface area contributed by atoms with Gasteiger partial charge in [-0.2, -0.15) is 5.10 Å². The van der Waals surface area contributed by atoms with Crippen LogP contribution in [0.4, 0.5) is 5.82 Å². The van der Waals surface area contributed by atoms with Crippen molar-refractivity contribution in [2.45, 2.75) is 65.0 Å². The summed E-state index contributed by atoms with van der Waals surface area (Å²) < 4.78 is 1.81. The first-order valence-corrected chi connectivity index (χ1v) is 8.88. The number of rotatable bonds is 5. The maximum Gasteiger partial charge on any atom is 0.242 e. The van der Waals surface area contributed by atoms with Crippen LogP contribution in [-0.4, -0.2) is 34.2 Å². The van der Waals surface area contributed by atoms with E-state index in [1.165, 1.54) is 18.4 Å². The summed E-state index contributed by atoms with van der Waals surface area (Å²) >= 11 is 0. The topological polar surface area (TPSA) is 67.2 Å². The van der Waals surface area contributed by atoms with Crippen LogP contribution in [0.15, 0.2) is 17.7 Å². The quantitative estimate of drug-likeness (QED) is 0.843. The summed E-state index contributed by atoms with van der Waals surface area (Å²) in [4.78, 5) is 26.4. The molecule has 130 valence electrons. The highest BCUT2D eigenvalue weighted by atomic mass is 16.2. The Kier molecular flexibility index (Phi) is 5.02. The van der Waals surface area contributed by atoms with Crippen LogP contribution in [0, 0.1) is 6.92 Å². The number of nitrogens with zero attached hydrogens (tertiary/aromatic N) is 3. The second-order valence-electron chi connectivity index (χ2n) is 6.71. The number of hydrogen-bond donors (Lipinski definition) is 1. The largest absolute Gasteiger partial charge is 0.354 e. The Balaban J connectivity index is 1.60. The molecule has 0 aromatic carbocycles. The van der Waals surface area contributed by atoms with Gasteiger partial charge in [0.25, 0.3) is 0 Å². The van der Waals surface area contributed by atoms with Gasteiger partial charge in [0.15, 0.2) is 0 Å². The molecular formula is C18H26N4O2. The number of fused-ring (bicyclic) bond motifs is 1. The van der Waals surface area contributed by atoms with Gasteiger partial charge in [0.1, 0.15) is 11.9 Å². The van der Waals surface area contributed by atoms with Gasteiger partial charge in [0, 0.05) is 19.0 Å². The van der Waals surface area contributed by atoms with E-state index in [9.17, 15) is 9.59 Å². The molecule has 0 saturated heterocycles. The van der Waals surface area contributed by atoms with Crippen molar-refractivity contribution in [1.29, 1.82) is 0 Å². The van der Waals surface area contributed by atoms with Gasteiger partial charge < -0.3 is 5.32 Å². The summed E-state index contributed by atoms with van der Waals surface area (Å²) in [6, 6.07) is 1.35. The summed E-state index contributed by atoms with van der Waals surface area (Å²) in [6.45, 7) is 4.90. The molecule has 2 aliphatic rings. The van der Waals surface area contributed by atoms with E-state index < -0.39 is 6.04 Å². The number of carbonyl (C=O) groups is 2. The molecule has 0 saturated carbocycles. The second kappa shape index (κ2) is 7.20. The van der Waals surface area contributed by atoms with Gasteiger partial charge in [-0.1, -0.05) is 11.6 Å². The van der Waals surface area contributed by atoms with E-state index in [4.69, 9.17) is 0 Å². The van der Waals surface area contributed by atoms with Crippen molar-refractivity contribution < 1.29 is 9.59 Å². The van der Waals surface area contributed by atoms with Gasteiger partial charge in [0.2, 0.25) is 11.8 Å². The monoisotopic (exact) mass is 330 g/mol. The number of carbonyl (C=O) groups excluding carboxylic acids is 2. The fraction of sp³-hybridized carbons (Fsp3) is 0.611. The van der Waals surface area contributed by atoms with Crippen LogP contribution >= 0.6 is 0 Å². The van der Waals surface area contributed by atoms with Crippen molar-refractivity contribution in [2.24, 2.45) is 0 Å². The van der Waals surface area contributed by atoms with Gasteiger partial charge in [-0.3, -0.25) is 14.5 Å². The van der Waals surface area contributed by atoms with Gasteiger partial charge >= 0.3 is 0 Å². The Hall–Kier alpha value is -2.11. The average molecular weight is 330 g/mol. The Labute approximate surface area is 142 Å². The first-order valence-electron chi connectivity index (χ1n) is 8.88. The molecule has 2 heterocycles. The second-order valence-corrected chi connectivity index (χ2v) is 6.71. The number of aromatic nitrogens is 2. The van der Waals surface area contributed by atoms with E-state index in [0.717, 1.165) is 30.8 Å². The number of nitrogens with one attached hydrogen (secondary N) is 1. The van der Waals surface area contributed by atoms with E-state index in [2.05, 4.69) is 16.5 Å². The van der Waals surface area contributed by atoms with Crippen molar-refractivity contribution in [3.63, 3.8) is 0 Å². The third-order valence-corrected chi connectivity index (χ3v) is 4.83. The first-order chi connectivity index (χ1) is 11.6. The molecule has 1 aliphatic carbocycles. The molecule has 1 atom stereocenters. The fourth-order valence-electron chi connectivity index (χ4n) is 3.50. The van der Waals surface area contributed by atoms with Gasteiger partial charge in [-0.05, 0) is 46.0 Å². The summed E-state index contributed by atoms with van der Waals surface area (Å²) in [6.07, 6.45) is 8.43. The van der Waals surface area contributed by atoms with Gasteiger partial charge in [-0.25, -0.2) is 4.68 Å². The molecule has 2 amide bonds. The number of allylic oxidation sites excluding steroid dienone is 1. The minimum absolute atomic E-state index is 0.0139. The summed E-state index contributed by atoms with van der Waals surface area (Å²) in [5.74, 6) is 0.605. The van der Waals surface area contributed by atoms with Crippen LogP contribution < -0.4 is 10.2 Å². The molecule has 3 rings (SSSR count). The maximum absolute atomic E-state index is 12.5. The van der Waals surface area contributed by atoms with E-state index in [-0.39, 0.29) is 11.8 Å². The van der Waals surface area contributed by atoms with Crippen LogP contribution in [0.2, 0.25) is 0 Å². The SMILES string of the molecule is Cc1cc2n(n1)CCC(=O)N2[C@H](C)C(=O)NCCC1=CCCCC1. The lowest BCUT2D eigenvalue weighted by Crippen LogP contribution is -2.51. The molecule has 1 N–H and O–H groups in total. The molecule has 1 aromatic heterocycles. The molecule has 0 unspecified atom stereocenters. The molecule has 1 aromatic rings. The number of hydrogen-bond acceptors (Lipinski definition) is 3. The standard InChI is InChI=1S/C18H26N4O2/c1-13-12-16-21(20-13)11-9-17(23)22(16)14(2)18(24)19-10-8-15-6-4-3-5-7-15/h6,12,14H,3-5,7-11H2,1-2H3,(H,19,24)/t14-/m1/s1. The third-order valence-electron chi connectivity index (χ3n) is 4.83. The normalized spacial score (nSPS) is 18.8. The zero-order valence-electron chi connectivity index (χ0n) is 14.5. The lowest BCUT2D eigenvalue weighted by Gasteiger charge is -2.32. The van der Waals surface area contributed by atoms with Crippen molar-refractivity contribution in [3.8, 4) is 0 Å². The van der Waals surface area contributed by atoms with Crippen molar-refractivity contribution >= 4 is 17.6 Å². The lowest BCUT2D eigenvalue weighted by molar-refractivity contribution is -0.126. The van der Waals surface area contributed by atoms with E-state index in [1.54, 1.807) is 11.8 Å². The molecule has 0 bridgehead atoms. The van der Waals surface area contributed by atoms with Crippen molar-refractivity contribution in [3.05, 3.63) is 23.4 Å².